The van der Waals surface area contributed by atoms with Gasteiger partial charge in [-0.05, 0) is 31.9 Å². The molecule has 1 N–H and O–H groups in total. The van der Waals surface area contributed by atoms with E-state index in [4.69, 9.17) is 4.98 Å². The van der Waals surface area contributed by atoms with Crippen LogP contribution in [0.3, 0.4) is 0 Å². The molecular weight excluding hydrogens is 222 g/mol. The van der Waals surface area contributed by atoms with Crippen molar-refractivity contribution in [2.24, 2.45) is 0 Å². The number of benzene rings is 1. The average molecular weight is 245 g/mol. The minimum absolute atomic E-state index is 0.542. The summed E-state index contributed by atoms with van der Waals surface area (Å²) in [4.78, 5) is 4.74. The van der Waals surface area contributed by atoms with Crippen molar-refractivity contribution < 1.29 is 0 Å². The molecule has 0 saturated heterocycles. The summed E-state index contributed by atoms with van der Waals surface area (Å²) in [5, 5.41) is 3.53. The largest absolute Gasteiger partial charge is 0.327 e. The monoisotopic (exact) mass is 245 g/mol. The molecule has 2 rings (SSSR count). The summed E-state index contributed by atoms with van der Waals surface area (Å²) in [6.07, 6.45) is 2.28. The molecule has 3 heteroatoms. The van der Waals surface area contributed by atoms with Gasteiger partial charge in [-0.25, -0.2) is 4.98 Å². The molecule has 1 unspecified atom stereocenters. The molecule has 18 heavy (non-hydrogen) atoms. The summed E-state index contributed by atoms with van der Waals surface area (Å²) in [6, 6.07) is 8.93. The van der Waals surface area contributed by atoms with Gasteiger partial charge in [0.15, 0.2) is 0 Å². The standard InChI is InChI=1S/C15H23N3/c1-4-10-18-14-9-7-6-8-13(14)17-15(18)11-16-12(3)5-2/h6-9,12,16H,4-5,10-11H2,1-3H3. The summed E-state index contributed by atoms with van der Waals surface area (Å²) in [5.41, 5.74) is 2.35. The molecule has 2 aromatic rings. The fraction of sp³-hybridized carbons (Fsp3) is 0.533. The van der Waals surface area contributed by atoms with E-state index >= 15 is 0 Å². The van der Waals surface area contributed by atoms with Crippen LogP contribution < -0.4 is 5.32 Å². The van der Waals surface area contributed by atoms with E-state index in [0.29, 0.717) is 6.04 Å². The lowest BCUT2D eigenvalue weighted by atomic mass is 10.2. The third kappa shape index (κ3) is 2.72. The zero-order chi connectivity index (χ0) is 13.0. The Morgan fingerprint density at radius 2 is 2.06 bits per heavy atom. The third-order valence-electron chi connectivity index (χ3n) is 3.40. The molecule has 1 heterocycles. The highest BCUT2D eigenvalue weighted by atomic mass is 15.1. The number of rotatable bonds is 6. The summed E-state index contributed by atoms with van der Waals surface area (Å²) in [5.74, 6) is 1.15. The van der Waals surface area contributed by atoms with Gasteiger partial charge < -0.3 is 9.88 Å². The first kappa shape index (κ1) is 13.1. The van der Waals surface area contributed by atoms with Crippen LogP contribution in [0, 0.1) is 0 Å². The lowest BCUT2D eigenvalue weighted by Crippen LogP contribution is -2.26. The number of hydrogen-bond donors (Lipinski definition) is 1. The Kier molecular flexibility index (Phi) is 4.37. The first-order valence-electron chi connectivity index (χ1n) is 6.93. The van der Waals surface area contributed by atoms with E-state index < -0.39 is 0 Å². The number of aryl methyl sites for hydroxylation is 1. The molecule has 1 aromatic carbocycles. The lowest BCUT2D eigenvalue weighted by Gasteiger charge is -2.12. The quantitative estimate of drug-likeness (QED) is 0.846. The van der Waals surface area contributed by atoms with Crippen molar-refractivity contribution in [1.82, 2.24) is 14.9 Å². The van der Waals surface area contributed by atoms with E-state index in [-0.39, 0.29) is 0 Å². The van der Waals surface area contributed by atoms with Crippen LogP contribution in [0.2, 0.25) is 0 Å². The van der Waals surface area contributed by atoms with Crippen molar-refractivity contribution >= 4 is 11.0 Å². The summed E-state index contributed by atoms with van der Waals surface area (Å²) in [6.45, 7) is 8.52. The van der Waals surface area contributed by atoms with E-state index in [2.05, 4.69) is 54.9 Å². The van der Waals surface area contributed by atoms with Crippen molar-refractivity contribution in [1.29, 1.82) is 0 Å². The second kappa shape index (κ2) is 6.01. The van der Waals surface area contributed by atoms with Crippen LogP contribution in [0.15, 0.2) is 24.3 Å². The molecule has 0 aliphatic rings. The van der Waals surface area contributed by atoms with Gasteiger partial charge in [-0.2, -0.15) is 0 Å². The van der Waals surface area contributed by atoms with E-state index in [1.165, 1.54) is 5.52 Å². The fourth-order valence-electron chi connectivity index (χ4n) is 2.14. The number of aromatic nitrogens is 2. The predicted octanol–water partition coefficient (Wildman–Crippen LogP) is 3.33. The van der Waals surface area contributed by atoms with Gasteiger partial charge in [0.2, 0.25) is 0 Å². The minimum atomic E-state index is 0.542. The van der Waals surface area contributed by atoms with E-state index in [9.17, 15) is 0 Å². The molecule has 0 aliphatic heterocycles. The maximum Gasteiger partial charge on any atom is 0.123 e. The molecular formula is C15H23N3. The SMILES string of the molecule is CCCn1c(CNC(C)CC)nc2ccccc21. The Labute approximate surface area is 109 Å². The van der Waals surface area contributed by atoms with Gasteiger partial charge in [-0.3, -0.25) is 0 Å². The molecule has 0 radical (unpaired) electrons. The number of nitrogens with one attached hydrogen (secondary N) is 1. The summed E-state index contributed by atoms with van der Waals surface area (Å²) < 4.78 is 2.34. The first-order chi connectivity index (χ1) is 8.76. The second-order valence-corrected chi connectivity index (χ2v) is 4.86. The molecule has 0 saturated carbocycles. The Bertz CT molecular complexity index is 501. The van der Waals surface area contributed by atoms with E-state index in [1.807, 2.05) is 0 Å². The maximum absolute atomic E-state index is 4.74. The zero-order valence-corrected chi connectivity index (χ0v) is 11.6. The Morgan fingerprint density at radius 3 is 2.78 bits per heavy atom. The van der Waals surface area contributed by atoms with Gasteiger partial charge in [0.1, 0.15) is 5.82 Å². The van der Waals surface area contributed by atoms with Gasteiger partial charge in [0.25, 0.3) is 0 Å². The van der Waals surface area contributed by atoms with Crippen LogP contribution in [0.25, 0.3) is 11.0 Å². The van der Waals surface area contributed by atoms with Crippen molar-refractivity contribution in [3.63, 3.8) is 0 Å². The molecule has 0 amide bonds. The Hall–Kier alpha value is -1.35. The van der Waals surface area contributed by atoms with Crippen LogP contribution in [-0.4, -0.2) is 15.6 Å². The summed E-state index contributed by atoms with van der Waals surface area (Å²) in [7, 11) is 0. The predicted molar refractivity (Wildman–Crippen MR) is 76.6 cm³/mol. The highest BCUT2D eigenvalue weighted by Crippen LogP contribution is 2.16. The van der Waals surface area contributed by atoms with Gasteiger partial charge in [-0.15, -0.1) is 0 Å². The van der Waals surface area contributed by atoms with Gasteiger partial charge in [-0.1, -0.05) is 26.0 Å². The molecule has 1 aromatic heterocycles. The van der Waals surface area contributed by atoms with Crippen molar-refractivity contribution in [3.8, 4) is 0 Å². The summed E-state index contributed by atoms with van der Waals surface area (Å²) >= 11 is 0. The fourth-order valence-corrected chi connectivity index (χ4v) is 2.14. The molecule has 98 valence electrons. The number of imidazole rings is 1. The van der Waals surface area contributed by atoms with E-state index in [1.54, 1.807) is 0 Å². The second-order valence-electron chi connectivity index (χ2n) is 4.86. The molecule has 3 nitrogen and oxygen atoms in total. The number of fused-ring (bicyclic) bond motifs is 1. The van der Waals surface area contributed by atoms with Crippen LogP contribution in [0.5, 0.6) is 0 Å². The molecule has 0 aliphatic carbocycles. The van der Waals surface area contributed by atoms with Crippen LogP contribution in [0.1, 0.15) is 39.4 Å². The van der Waals surface area contributed by atoms with Crippen LogP contribution in [0.4, 0.5) is 0 Å². The van der Waals surface area contributed by atoms with Crippen LogP contribution in [-0.2, 0) is 13.1 Å². The van der Waals surface area contributed by atoms with E-state index in [0.717, 1.165) is 37.3 Å². The van der Waals surface area contributed by atoms with Gasteiger partial charge in [0.05, 0.1) is 17.6 Å². The normalized spacial score (nSPS) is 13.1. The minimum Gasteiger partial charge on any atom is -0.327 e. The molecule has 0 spiro atoms. The Balaban J connectivity index is 2.27. The maximum atomic E-state index is 4.74. The lowest BCUT2D eigenvalue weighted by molar-refractivity contribution is 0.508. The zero-order valence-electron chi connectivity index (χ0n) is 11.6. The average Bonchev–Trinajstić information content (AvgIpc) is 2.75. The molecule has 0 fully saturated rings. The number of hydrogen-bond acceptors (Lipinski definition) is 2. The van der Waals surface area contributed by atoms with Crippen LogP contribution >= 0.6 is 0 Å². The molecule has 0 bridgehead atoms. The Morgan fingerprint density at radius 1 is 1.28 bits per heavy atom. The third-order valence-corrected chi connectivity index (χ3v) is 3.40. The van der Waals surface area contributed by atoms with Gasteiger partial charge in [0, 0.05) is 12.6 Å². The highest BCUT2D eigenvalue weighted by molar-refractivity contribution is 5.75. The van der Waals surface area contributed by atoms with Crippen molar-refractivity contribution in [2.45, 2.75) is 52.7 Å². The first-order valence-corrected chi connectivity index (χ1v) is 6.93. The highest BCUT2D eigenvalue weighted by Gasteiger charge is 2.09. The van der Waals surface area contributed by atoms with Crippen molar-refractivity contribution in [3.05, 3.63) is 30.1 Å². The topological polar surface area (TPSA) is 29.9 Å². The van der Waals surface area contributed by atoms with Gasteiger partial charge >= 0.3 is 0 Å². The molecule has 1 atom stereocenters. The smallest absolute Gasteiger partial charge is 0.123 e. The number of nitrogens with zero attached hydrogens (tertiary/aromatic N) is 2. The number of para-hydroxylation sites is 2. The van der Waals surface area contributed by atoms with Crippen molar-refractivity contribution in [2.75, 3.05) is 0 Å².